The second-order valence-electron chi connectivity index (χ2n) is 4.75. The van der Waals surface area contributed by atoms with Crippen molar-refractivity contribution in [3.05, 3.63) is 53.6 Å². The van der Waals surface area contributed by atoms with Crippen molar-refractivity contribution in [3.8, 4) is 5.75 Å². The zero-order chi connectivity index (χ0) is 15.1. The molecule has 1 heterocycles. The zero-order valence-corrected chi connectivity index (χ0v) is 11.3. The molecule has 0 N–H and O–H groups in total. The molecule has 0 aliphatic rings. The van der Waals surface area contributed by atoms with Crippen molar-refractivity contribution in [1.29, 1.82) is 0 Å². The highest BCUT2D eigenvalue weighted by Crippen LogP contribution is 2.36. The fourth-order valence-electron chi connectivity index (χ4n) is 2.15. The van der Waals surface area contributed by atoms with Gasteiger partial charge in [0.1, 0.15) is 12.1 Å². The molecule has 0 atom stereocenters. The lowest BCUT2D eigenvalue weighted by atomic mass is 10.1. The van der Waals surface area contributed by atoms with E-state index in [9.17, 15) is 13.2 Å². The number of hydrogen-bond acceptors (Lipinski definition) is 2. The molecule has 0 bridgehead atoms. The molecular weight excluding hydrogens is 281 g/mol. The largest absolute Gasteiger partial charge is 0.459 e. The Balaban J connectivity index is 2.27. The number of fused-ring (bicyclic) bond motifs is 3. The first-order valence-corrected chi connectivity index (χ1v) is 6.28. The third kappa shape index (κ3) is 2.14. The molecule has 2 aromatic carbocycles. The third-order valence-corrected chi connectivity index (χ3v) is 3.19. The molecule has 0 saturated carbocycles. The molecule has 5 heteroatoms. The molecule has 0 aliphatic heterocycles. The Morgan fingerprint density at radius 2 is 1.67 bits per heavy atom. The molecule has 2 nitrogen and oxygen atoms in total. The number of benzene rings is 2. The van der Waals surface area contributed by atoms with Gasteiger partial charge in [0.05, 0.1) is 0 Å². The Morgan fingerprint density at radius 3 is 2.33 bits per heavy atom. The summed E-state index contributed by atoms with van der Waals surface area (Å²) in [5, 5.41) is 0.922. The average molecular weight is 292 g/mol. The van der Waals surface area contributed by atoms with Gasteiger partial charge < -0.3 is 9.15 Å². The van der Waals surface area contributed by atoms with Crippen molar-refractivity contribution >= 4 is 21.9 Å². The lowest BCUT2D eigenvalue weighted by molar-refractivity contribution is 0.419. The summed E-state index contributed by atoms with van der Waals surface area (Å²) in [6.45, 7) is 2.78. The van der Waals surface area contributed by atoms with E-state index in [1.807, 2.05) is 0 Å². The summed E-state index contributed by atoms with van der Waals surface area (Å²) in [7, 11) is 0. The van der Waals surface area contributed by atoms with Gasteiger partial charge >= 0.3 is 0 Å². The fraction of sp³-hybridized carbons (Fsp3) is 0.125. The first kappa shape index (κ1) is 13.5. The second-order valence-corrected chi connectivity index (χ2v) is 4.75. The molecule has 3 rings (SSSR count). The monoisotopic (exact) mass is 292 g/mol. The number of furan rings is 1. The molecule has 21 heavy (non-hydrogen) atoms. The van der Waals surface area contributed by atoms with E-state index >= 15 is 0 Å². The van der Waals surface area contributed by atoms with Gasteiger partial charge in [0.15, 0.2) is 22.7 Å². The topological polar surface area (TPSA) is 22.4 Å². The summed E-state index contributed by atoms with van der Waals surface area (Å²) < 4.78 is 51.1. The average Bonchev–Trinajstić information content (AvgIpc) is 2.82. The van der Waals surface area contributed by atoms with Gasteiger partial charge in [0.25, 0.3) is 0 Å². The molecule has 108 valence electrons. The van der Waals surface area contributed by atoms with Crippen LogP contribution in [-0.2, 0) is 0 Å². The summed E-state index contributed by atoms with van der Waals surface area (Å²) in [6.07, 6.45) is 0.789. The summed E-state index contributed by atoms with van der Waals surface area (Å²) in [5.41, 5.74) is 0.296. The van der Waals surface area contributed by atoms with Crippen molar-refractivity contribution in [2.45, 2.75) is 13.8 Å². The third-order valence-electron chi connectivity index (χ3n) is 3.19. The van der Waals surface area contributed by atoms with Crippen molar-refractivity contribution in [2.24, 2.45) is 0 Å². The number of ether oxygens (including phenoxy) is 1. The van der Waals surface area contributed by atoms with Crippen LogP contribution in [0.2, 0.25) is 0 Å². The molecule has 3 aromatic rings. The predicted octanol–water partition coefficient (Wildman–Crippen LogP) is 5.38. The van der Waals surface area contributed by atoms with E-state index in [1.165, 1.54) is 13.0 Å². The standard InChI is InChI=1S/C16H11F3O2/c1-8-3-4-10-11-5-6-12(20-7-9(2)17)14(19)16(11)21-15(10)13(8)18/h3-7H,1-2H3/b9-7-. The van der Waals surface area contributed by atoms with Crippen LogP contribution in [0.15, 0.2) is 40.8 Å². The van der Waals surface area contributed by atoms with Crippen LogP contribution in [0.4, 0.5) is 13.2 Å². The number of rotatable bonds is 2. The number of halogens is 3. The summed E-state index contributed by atoms with van der Waals surface area (Å²) in [5.74, 6) is -2.10. The van der Waals surface area contributed by atoms with Crippen LogP contribution in [0.25, 0.3) is 21.9 Å². The lowest BCUT2D eigenvalue weighted by Gasteiger charge is -2.01. The normalized spacial score (nSPS) is 12.3. The Bertz CT molecular complexity index is 874. The highest BCUT2D eigenvalue weighted by atomic mass is 19.1. The van der Waals surface area contributed by atoms with E-state index in [2.05, 4.69) is 0 Å². The van der Waals surface area contributed by atoms with Crippen LogP contribution in [-0.4, -0.2) is 0 Å². The SMILES string of the molecule is C/C(F)=C/Oc1ccc2c(oc3c(F)c(C)ccc32)c1F. The van der Waals surface area contributed by atoms with E-state index in [-0.39, 0.29) is 16.9 Å². The minimum Gasteiger partial charge on any atom is -0.459 e. The van der Waals surface area contributed by atoms with Gasteiger partial charge in [-0.1, -0.05) is 12.1 Å². The maximum atomic E-state index is 14.3. The van der Waals surface area contributed by atoms with Crippen molar-refractivity contribution in [2.75, 3.05) is 0 Å². The Morgan fingerprint density at radius 1 is 1.05 bits per heavy atom. The van der Waals surface area contributed by atoms with Gasteiger partial charge in [-0.2, -0.15) is 4.39 Å². The van der Waals surface area contributed by atoms with E-state index in [4.69, 9.17) is 9.15 Å². The van der Waals surface area contributed by atoms with E-state index in [0.29, 0.717) is 16.3 Å². The molecular formula is C16H11F3O2. The molecule has 0 amide bonds. The van der Waals surface area contributed by atoms with Gasteiger partial charge in [-0.25, -0.2) is 8.78 Å². The lowest BCUT2D eigenvalue weighted by Crippen LogP contribution is -1.88. The summed E-state index contributed by atoms with van der Waals surface area (Å²) in [4.78, 5) is 0. The van der Waals surface area contributed by atoms with Gasteiger partial charge in [-0.05, 0) is 31.5 Å². The molecule has 0 fully saturated rings. The Kier molecular flexibility index (Phi) is 3.12. The first-order valence-electron chi connectivity index (χ1n) is 6.28. The highest BCUT2D eigenvalue weighted by molar-refractivity contribution is 6.05. The van der Waals surface area contributed by atoms with Crippen molar-refractivity contribution in [1.82, 2.24) is 0 Å². The minimum atomic E-state index is -0.793. The second kappa shape index (κ2) is 4.84. The predicted molar refractivity (Wildman–Crippen MR) is 73.9 cm³/mol. The zero-order valence-electron chi connectivity index (χ0n) is 11.3. The van der Waals surface area contributed by atoms with Gasteiger partial charge in [-0.3, -0.25) is 0 Å². The molecule has 0 unspecified atom stereocenters. The van der Waals surface area contributed by atoms with Gasteiger partial charge in [0.2, 0.25) is 5.82 Å². The molecule has 0 spiro atoms. The van der Waals surface area contributed by atoms with Crippen molar-refractivity contribution < 1.29 is 22.3 Å². The minimum absolute atomic E-state index is 0.00161. The Labute approximate surface area is 118 Å². The van der Waals surface area contributed by atoms with Crippen LogP contribution in [0, 0.1) is 18.6 Å². The summed E-state index contributed by atoms with van der Waals surface area (Å²) in [6, 6.07) is 6.18. The first-order chi connectivity index (χ1) is 9.99. The smallest absolute Gasteiger partial charge is 0.208 e. The summed E-state index contributed by atoms with van der Waals surface area (Å²) >= 11 is 0. The van der Waals surface area contributed by atoms with Crippen LogP contribution in [0.5, 0.6) is 5.75 Å². The van der Waals surface area contributed by atoms with E-state index < -0.39 is 17.5 Å². The molecule has 0 radical (unpaired) electrons. The highest BCUT2D eigenvalue weighted by Gasteiger charge is 2.18. The molecule has 0 aliphatic carbocycles. The maximum absolute atomic E-state index is 14.3. The quantitative estimate of drug-likeness (QED) is 0.591. The molecule has 0 saturated heterocycles. The Hall–Kier alpha value is -2.43. The maximum Gasteiger partial charge on any atom is 0.208 e. The van der Waals surface area contributed by atoms with Crippen molar-refractivity contribution in [3.63, 3.8) is 0 Å². The van der Waals surface area contributed by atoms with Crippen LogP contribution in [0.3, 0.4) is 0 Å². The van der Waals surface area contributed by atoms with Gasteiger partial charge in [-0.15, -0.1) is 0 Å². The van der Waals surface area contributed by atoms with Crippen LogP contribution < -0.4 is 4.74 Å². The van der Waals surface area contributed by atoms with Crippen LogP contribution >= 0.6 is 0 Å². The van der Waals surface area contributed by atoms with E-state index in [0.717, 1.165) is 6.26 Å². The van der Waals surface area contributed by atoms with E-state index in [1.54, 1.807) is 25.1 Å². The van der Waals surface area contributed by atoms with Crippen LogP contribution in [0.1, 0.15) is 12.5 Å². The number of aryl methyl sites for hydroxylation is 1. The molecule has 1 aromatic heterocycles. The number of allylic oxidation sites excluding steroid dienone is 1. The van der Waals surface area contributed by atoms with Gasteiger partial charge in [0, 0.05) is 10.8 Å². The number of hydrogen-bond donors (Lipinski definition) is 0. The fourth-order valence-corrected chi connectivity index (χ4v) is 2.15.